The van der Waals surface area contributed by atoms with E-state index >= 15 is 0 Å². The molecule has 1 N–H and O–H groups in total. The molecule has 2 unspecified atom stereocenters. The molecule has 0 spiro atoms. The largest absolute Gasteiger partial charge is 0.323 e. The van der Waals surface area contributed by atoms with Gasteiger partial charge in [0, 0.05) is 16.8 Å². The molecule has 4 atom stereocenters. The van der Waals surface area contributed by atoms with Crippen LogP contribution in [0.2, 0.25) is 0 Å². The third kappa shape index (κ3) is 2.92. The maximum Gasteiger partial charge on any atom is 0.225 e. The van der Waals surface area contributed by atoms with Gasteiger partial charge >= 0.3 is 0 Å². The average molecular weight is 384 g/mol. The molecule has 1 amide bonds. The molecule has 0 heterocycles. The summed E-state index contributed by atoms with van der Waals surface area (Å²) >= 11 is 3.93. The fourth-order valence-corrected chi connectivity index (χ4v) is 7.18. The Hall–Kier alpha value is -0.970. The Morgan fingerprint density at radius 2 is 1.91 bits per heavy atom. The summed E-state index contributed by atoms with van der Waals surface area (Å²) in [4.78, 5) is 12.4. The molecule has 5 rings (SSSR count). The molecular weight excluding hydrogens is 364 g/mol. The van der Waals surface area contributed by atoms with Crippen LogP contribution in [0, 0.1) is 28.9 Å². The molecule has 0 saturated heterocycles. The Balaban J connectivity index is 1.49. The van der Waals surface area contributed by atoms with Crippen LogP contribution in [0.15, 0.2) is 18.2 Å². The predicted molar refractivity (Wildman–Crippen MR) is 88.4 cm³/mol. The summed E-state index contributed by atoms with van der Waals surface area (Å²) < 4.78 is 27.1. The van der Waals surface area contributed by atoms with Crippen LogP contribution < -0.4 is 5.32 Å². The van der Waals surface area contributed by atoms with E-state index in [1.54, 1.807) is 0 Å². The van der Waals surface area contributed by atoms with Crippen LogP contribution in [0.1, 0.15) is 44.9 Å². The number of nitrogens with one attached hydrogen (secondary N) is 1. The van der Waals surface area contributed by atoms with Crippen molar-refractivity contribution in [1.82, 2.24) is 0 Å². The first-order chi connectivity index (χ1) is 10.8. The highest BCUT2D eigenvalue weighted by atomic mass is 79.9. The molecule has 2 nitrogen and oxygen atoms in total. The number of rotatable bonds is 3. The first-order valence-corrected chi connectivity index (χ1v) is 9.08. The fraction of sp³-hybridized carbons (Fsp3) is 0.611. The van der Waals surface area contributed by atoms with Gasteiger partial charge in [0.1, 0.15) is 11.6 Å². The Kier molecular flexibility index (Phi) is 3.56. The number of halogens is 3. The Labute approximate surface area is 143 Å². The second-order valence-electron chi connectivity index (χ2n) is 7.96. The van der Waals surface area contributed by atoms with E-state index in [0.717, 1.165) is 37.5 Å². The lowest BCUT2D eigenvalue weighted by atomic mass is 9.48. The minimum atomic E-state index is -0.595. The van der Waals surface area contributed by atoms with Gasteiger partial charge in [0.2, 0.25) is 5.91 Å². The normalized spacial score (nSPS) is 37.9. The van der Waals surface area contributed by atoms with E-state index in [4.69, 9.17) is 0 Å². The van der Waals surface area contributed by atoms with Gasteiger partial charge in [0.15, 0.2) is 0 Å². The molecule has 0 aromatic heterocycles. The summed E-state index contributed by atoms with van der Waals surface area (Å²) in [7, 11) is 0. The van der Waals surface area contributed by atoms with Crippen molar-refractivity contribution in [3.05, 3.63) is 29.8 Å². The van der Waals surface area contributed by atoms with Gasteiger partial charge in [-0.05, 0) is 67.9 Å². The van der Waals surface area contributed by atoms with Gasteiger partial charge in [-0.2, -0.15) is 0 Å². The highest BCUT2D eigenvalue weighted by Crippen LogP contribution is 2.65. The predicted octanol–water partition coefficient (Wildman–Crippen LogP) is 5.03. The van der Waals surface area contributed by atoms with E-state index in [-0.39, 0.29) is 21.3 Å². The van der Waals surface area contributed by atoms with Crippen LogP contribution in [0.3, 0.4) is 0 Å². The number of carbonyl (C=O) groups excluding carboxylic acids is 1. The van der Waals surface area contributed by atoms with Crippen molar-refractivity contribution in [2.75, 3.05) is 5.32 Å². The lowest BCUT2D eigenvalue weighted by molar-refractivity contribution is -0.123. The van der Waals surface area contributed by atoms with E-state index in [0.29, 0.717) is 18.3 Å². The SMILES string of the molecule is O=C(CC12C[C@@H]3C[C@@H](CC(Br)(C3)C1)C2)Nc1cc(F)ccc1F. The van der Waals surface area contributed by atoms with Crippen molar-refractivity contribution in [1.29, 1.82) is 0 Å². The molecule has 23 heavy (non-hydrogen) atoms. The molecule has 4 bridgehead atoms. The van der Waals surface area contributed by atoms with Crippen molar-refractivity contribution in [3.63, 3.8) is 0 Å². The van der Waals surface area contributed by atoms with Crippen molar-refractivity contribution >= 4 is 27.5 Å². The summed E-state index contributed by atoms with van der Waals surface area (Å²) in [5, 5.41) is 2.57. The van der Waals surface area contributed by atoms with Gasteiger partial charge in [-0.25, -0.2) is 8.78 Å². The second-order valence-corrected chi connectivity index (χ2v) is 9.64. The van der Waals surface area contributed by atoms with Gasteiger partial charge < -0.3 is 5.32 Å². The number of anilines is 1. The number of carbonyl (C=O) groups is 1. The first kappa shape index (κ1) is 15.6. The monoisotopic (exact) mass is 383 g/mol. The molecule has 0 aliphatic heterocycles. The molecular formula is C18H20BrF2NO. The molecule has 5 heteroatoms. The van der Waals surface area contributed by atoms with Crippen molar-refractivity contribution in [2.24, 2.45) is 17.3 Å². The van der Waals surface area contributed by atoms with Crippen molar-refractivity contribution in [3.8, 4) is 0 Å². The number of hydrogen-bond donors (Lipinski definition) is 1. The fourth-order valence-electron chi connectivity index (χ4n) is 5.67. The lowest BCUT2D eigenvalue weighted by Gasteiger charge is -2.60. The van der Waals surface area contributed by atoms with Crippen molar-refractivity contribution < 1.29 is 13.6 Å². The highest BCUT2D eigenvalue weighted by Gasteiger charge is 2.57. The number of hydrogen-bond acceptors (Lipinski definition) is 1. The summed E-state index contributed by atoms with van der Waals surface area (Å²) in [5.41, 5.74) is -0.0325. The maximum absolute atomic E-state index is 13.7. The second kappa shape index (κ2) is 5.27. The molecule has 4 saturated carbocycles. The first-order valence-electron chi connectivity index (χ1n) is 8.29. The number of alkyl halides is 1. The van der Waals surface area contributed by atoms with Crippen LogP contribution >= 0.6 is 15.9 Å². The maximum atomic E-state index is 13.7. The van der Waals surface area contributed by atoms with Crippen molar-refractivity contribution in [2.45, 2.75) is 49.3 Å². The third-order valence-corrected chi connectivity index (χ3v) is 6.78. The number of amides is 1. The van der Waals surface area contributed by atoms with E-state index < -0.39 is 11.6 Å². The van der Waals surface area contributed by atoms with Gasteiger partial charge in [0.05, 0.1) is 5.69 Å². The summed E-state index contributed by atoms with van der Waals surface area (Å²) in [6.07, 6.45) is 7.33. The van der Waals surface area contributed by atoms with Crippen LogP contribution in [0.4, 0.5) is 14.5 Å². The minimum Gasteiger partial charge on any atom is -0.323 e. The molecule has 1 aromatic carbocycles. The standard InChI is InChI=1S/C18H20BrF2NO/c19-18-7-11-3-12(8-18)6-17(5-11,10-18)9-16(23)22-15-4-13(20)1-2-14(15)21/h1-2,4,11-12H,3,5-10H2,(H,22,23)/t11-,12+,17?,18?. The highest BCUT2D eigenvalue weighted by molar-refractivity contribution is 9.10. The zero-order valence-electron chi connectivity index (χ0n) is 12.9. The van der Waals surface area contributed by atoms with E-state index in [2.05, 4.69) is 21.2 Å². The van der Waals surface area contributed by atoms with Gasteiger partial charge in [-0.1, -0.05) is 15.9 Å². The van der Waals surface area contributed by atoms with Crippen LogP contribution in [0.5, 0.6) is 0 Å². The van der Waals surface area contributed by atoms with Gasteiger partial charge in [0.25, 0.3) is 0 Å². The summed E-state index contributed by atoms with van der Waals surface area (Å²) in [6, 6.07) is 3.14. The van der Waals surface area contributed by atoms with Crippen LogP contribution in [-0.4, -0.2) is 10.2 Å². The third-order valence-electron chi connectivity index (χ3n) is 5.85. The summed E-state index contributed by atoms with van der Waals surface area (Å²) in [5.74, 6) is 0.0642. The Morgan fingerprint density at radius 3 is 2.57 bits per heavy atom. The number of benzene rings is 1. The molecule has 124 valence electrons. The molecule has 1 aromatic rings. The van der Waals surface area contributed by atoms with E-state index in [1.165, 1.54) is 19.3 Å². The average Bonchev–Trinajstić information content (AvgIpc) is 2.39. The summed E-state index contributed by atoms with van der Waals surface area (Å²) in [6.45, 7) is 0. The quantitative estimate of drug-likeness (QED) is 0.728. The topological polar surface area (TPSA) is 29.1 Å². The van der Waals surface area contributed by atoms with E-state index in [1.807, 2.05) is 0 Å². The van der Waals surface area contributed by atoms with E-state index in [9.17, 15) is 13.6 Å². The zero-order chi connectivity index (χ0) is 16.2. The minimum absolute atomic E-state index is 0.0292. The smallest absolute Gasteiger partial charge is 0.225 e. The molecule has 4 aliphatic rings. The Bertz CT molecular complexity index is 648. The van der Waals surface area contributed by atoms with Crippen LogP contribution in [0.25, 0.3) is 0 Å². The molecule has 0 radical (unpaired) electrons. The van der Waals surface area contributed by atoms with Gasteiger partial charge in [-0.15, -0.1) is 0 Å². The van der Waals surface area contributed by atoms with Gasteiger partial charge in [-0.3, -0.25) is 4.79 Å². The molecule has 4 aliphatic carbocycles. The Morgan fingerprint density at radius 1 is 1.22 bits per heavy atom. The lowest BCUT2D eigenvalue weighted by Crippen LogP contribution is -2.53. The molecule has 4 fully saturated rings. The zero-order valence-corrected chi connectivity index (χ0v) is 14.5. The van der Waals surface area contributed by atoms with Crippen LogP contribution in [-0.2, 0) is 4.79 Å².